The normalized spacial score (nSPS) is 23.4. The van der Waals surface area contributed by atoms with E-state index in [0.29, 0.717) is 18.6 Å². The summed E-state index contributed by atoms with van der Waals surface area (Å²) >= 11 is 6.84. The van der Waals surface area contributed by atoms with Crippen LogP contribution in [0.1, 0.15) is 125 Å². The Morgan fingerprint density at radius 2 is 1.74 bits per heavy atom. The molecule has 11 nitrogen and oxygen atoms in total. The van der Waals surface area contributed by atoms with Gasteiger partial charge in [-0.15, -0.1) is 0 Å². The third-order valence-electron chi connectivity index (χ3n) is 9.31. The zero-order valence-corrected chi connectivity index (χ0v) is 30.4. The molecule has 1 aliphatic carbocycles. The van der Waals surface area contributed by atoms with Gasteiger partial charge in [0.15, 0.2) is 6.23 Å². The van der Waals surface area contributed by atoms with Crippen molar-refractivity contribution < 1.29 is 33.1 Å². The van der Waals surface area contributed by atoms with Crippen LogP contribution < -0.4 is 11.2 Å². The molecule has 0 bridgehead atoms. The lowest BCUT2D eigenvalue weighted by Gasteiger charge is -2.32. The van der Waals surface area contributed by atoms with E-state index in [1.807, 2.05) is 36.5 Å². The van der Waals surface area contributed by atoms with Crippen LogP contribution in [0.4, 0.5) is 9.59 Å². The molecule has 4 heterocycles. The molecule has 3 saturated heterocycles. The summed E-state index contributed by atoms with van der Waals surface area (Å²) in [6.45, 7) is 19.8. The summed E-state index contributed by atoms with van der Waals surface area (Å²) in [5.74, 6) is 0.486. The molecule has 6 rings (SSSR count). The second kappa shape index (κ2) is 14.9. The minimum Gasteiger partial charge on any atom is -0.450 e. The number of aromatic nitrogens is 2. The molecule has 2 N–H and O–H groups in total. The van der Waals surface area contributed by atoms with Gasteiger partial charge >= 0.3 is 19.3 Å². The summed E-state index contributed by atoms with van der Waals surface area (Å²) in [6, 6.07) is 2.40. The molecule has 2 aromatic rings. The molecule has 262 valence electrons. The van der Waals surface area contributed by atoms with E-state index >= 15 is 0 Å². The van der Waals surface area contributed by atoms with Crippen LogP contribution in [-0.2, 0) is 23.5 Å². The highest BCUT2D eigenvalue weighted by atomic mass is 35.5. The third-order valence-corrected chi connectivity index (χ3v) is 9.62. The first kappa shape index (κ1) is 37.3. The summed E-state index contributed by atoms with van der Waals surface area (Å²) in [5, 5.41) is 6.57. The number of fused-ring (bicyclic) bond motifs is 1. The largest absolute Gasteiger partial charge is 0.495 e. The van der Waals surface area contributed by atoms with Crippen molar-refractivity contribution in [3.05, 3.63) is 22.8 Å². The molecular weight excluding hydrogens is 623 g/mol. The van der Waals surface area contributed by atoms with Gasteiger partial charge in [-0.1, -0.05) is 11.6 Å². The Morgan fingerprint density at radius 3 is 2.21 bits per heavy atom. The number of nitrogens with zero attached hydrogens (tertiary/aromatic N) is 3. The van der Waals surface area contributed by atoms with E-state index in [2.05, 4.69) is 51.2 Å². The number of benzene rings is 1. The van der Waals surface area contributed by atoms with Crippen molar-refractivity contribution in [2.24, 2.45) is 5.73 Å². The van der Waals surface area contributed by atoms with Gasteiger partial charge in [0.2, 0.25) is 0 Å². The number of carbonyl (C=O) groups is 2. The number of rotatable bonds is 4. The molecule has 2 atom stereocenters. The lowest BCUT2D eigenvalue weighted by atomic mass is 9.73. The molecule has 1 aromatic carbocycles. The molecule has 0 spiro atoms. The Bertz CT molecular complexity index is 1380. The minimum absolute atomic E-state index is 0.0276. The first-order valence-electron chi connectivity index (χ1n) is 17.0. The predicted octanol–water partition coefficient (Wildman–Crippen LogP) is 7.07. The van der Waals surface area contributed by atoms with Crippen LogP contribution in [0.15, 0.2) is 12.3 Å². The van der Waals surface area contributed by atoms with Crippen molar-refractivity contribution in [2.45, 2.75) is 142 Å². The van der Waals surface area contributed by atoms with Gasteiger partial charge in [-0.05, 0) is 130 Å². The Hall–Kier alpha value is -2.54. The summed E-state index contributed by atoms with van der Waals surface area (Å²) in [4.78, 5) is 23.0. The summed E-state index contributed by atoms with van der Waals surface area (Å²) in [6.07, 6.45) is 8.80. The number of primary amides is 1. The van der Waals surface area contributed by atoms with Gasteiger partial charge in [0.05, 0.1) is 29.5 Å². The van der Waals surface area contributed by atoms with Gasteiger partial charge in [-0.25, -0.2) is 14.3 Å². The standard InChI is InChI=1S/C21H28BClN2O3.C10H19NO2.C3H7NO2/c1-20(2)21(3,4)28-22(27-20)19-14-12-24-25(17-7-5-6-10-26-17)16(14)11-15(23)18(19)13-8-9-13;1-8-6-5-7-11(8)9(12)13-10(2,3)4;1-2-6-3(4)5/h11-13,17H,5-10H2,1-4H3;8H,5-7H2,1-4H3;2H2,1H3,(H2,4,5). The SMILES string of the molecule is CC1(C)OB(c2c(C3CC3)c(Cl)cc3c2cnn3C2CCCCO2)OC1(C)C.CC1CCCN1C(=O)OC(C)(C)C.CCOC(N)=O. The van der Waals surface area contributed by atoms with Crippen LogP contribution in [0.25, 0.3) is 10.9 Å². The number of nitrogens with two attached hydrogens (primary N) is 1. The molecule has 3 aliphatic heterocycles. The van der Waals surface area contributed by atoms with Gasteiger partial charge in [0.1, 0.15) is 5.60 Å². The van der Waals surface area contributed by atoms with Crippen molar-refractivity contribution in [2.75, 3.05) is 19.8 Å². The molecule has 1 saturated carbocycles. The van der Waals surface area contributed by atoms with E-state index in [4.69, 9.17) is 35.5 Å². The van der Waals surface area contributed by atoms with Gasteiger partial charge < -0.3 is 34.2 Å². The molecule has 0 radical (unpaired) electrons. The topological polar surface area (TPSA) is 127 Å². The van der Waals surface area contributed by atoms with E-state index in [1.165, 1.54) is 5.56 Å². The van der Waals surface area contributed by atoms with Crippen LogP contribution in [0.3, 0.4) is 0 Å². The highest BCUT2D eigenvalue weighted by molar-refractivity contribution is 6.66. The fraction of sp³-hybridized carbons (Fsp3) is 0.735. The van der Waals surface area contributed by atoms with Crippen molar-refractivity contribution in [1.82, 2.24) is 14.7 Å². The summed E-state index contributed by atoms with van der Waals surface area (Å²) < 4.78 is 30.3. The number of halogens is 1. The Labute approximate surface area is 285 Å². The second-order valence-corrected chi connectivity index (χ2v) is 15.2. The Morgan fingerprint density at radius 1 is 1.09 bits per heavy atom. The van der Waals surface area contributed by atoms with E-state index in [9.17, 15) is 9.59 Å². The summed E-state index contributed by atoms with van der Waals surface area (Å²) in [7, 11) is -0.438. The first-order chi connectivity index (χ1) is 22.0. The first-order valence-corrected chi connectivity index (χ1v) is 17.4. The van der Waals surface area contributed by atoms with E-state index in [1.54, 1.807) is 6.92 Å². The summed E-state index contributed by atoms with van der Waals surface area (Å²) in [5.41, 5.74) is 6.62. The average Bonchev–Trinajstić information content (AvgIpc) is 3.49. The zero-order chi connectivity index (χ0) is 34.7. The number of carbonyl (C=O) groups excluding carboxylic acids is 2. The Balaban J connectivity index is 0.000000219. The second-order valence-electron chi connectivity index (χ2n) is 14.8. The van der Waals surface area contributed by atoms with Crippen LogP contribution in [0, 0.1) is 0 Å². The number of ether oxygens (including phenoxy) is 3. The van der Waals surface area contributed by atoms with Crippen molar-refractivity contribution in [3.63, 3.8) is 0 Å². The lowest BCUT2D eigenvalue weighted by Crippen LogP contribution is -2.41. The van der Waals surface area contributed by atoms with Crippen LogP contribution in [0.5, 0.6) is 0 Å². The highest BCUT2D eigenvalue weighted by Gasteiger charge is 2.53. The van der Waals surface area contributed by atoms with E-state index < -0.39 is 24.4 Å². The molecule has 2 amide bonds. The third kappa shape index (κ3) is 9.13. The van der Waals surface area contributed by atoms with E-state index in [-0.39, 0.29) is 17.9 Å². The van der Waals surface area contributed by atoms with Gasteiger partial charge in [0, 0.05) is 29.6 Å². The van der Waals surface area contributed by atoms with Crippen LogP contribution in [-0.4, -0.2) is 76.6 Å². The fourth-order valence-electron chi connectivity index (χ4n) is 6.01. The molecular formula is C34H54BClN4O7. The number of hydrogen-bond donors (Lipinski definition) is 1. The molecule has 1 aromatic heterocycles. The number of likely N-dealkylation sites (tertiary alicyclic amines) is 1. The highest BCUT2D eigenvalue weighted by Crippen LogP contribution is 2.46. The quantitative estimate of drug-likeness (QED) is 0.341. The smallest absolute Gasteiger partial charge is 0.450 e. The van der Waals surface area contributed by atoms with Crippen molar-refractivity contribution in [3.8, 4) is 0 Å². The zero-order valence-electron chi connectivity index (χ0n) is 29.7. The van der Waals surface area contributed by atoms with Crippen molar-refractivity contribution >= 4 is 47.3 Å². The monoisotopic (exact) mass is 676 g/mol. The molecule has 4 aliphatic rings. The maximum absolute atomic E-state index is 11.6. The van der Waals surface area contributed by atoms with E-state index in [0.717, 1.165) is 79.5 Å². The predicted molar refractivity (Wildman–Crippen MR) is 184 cm³/mol. The van der Waals surface area contributed by atoms with Crippen LogP contribution in [0.2, 0.25) is 5.02 Å². The lowest BCUT2D eigenvalue weighted by molar-refractivity contribution is -0.0366. The maximum atomic E-state index is 11.6. The molecule has 47 heavy (non-hydrogen) atoms. The number of hydrogen-bond acceptors (Lipinski definition) is 8. The van der Waals surface area contributed by atoms with Gasteiger partial charge in [0.25, 0.3) is 0 Å². The van der Waals surface area contributed by atoms with Crippen LogP contribution >= 0.6 is 11.6 Å². The Kier molecular flexibility index (Phi) is 11.8. The molecule has 2 unspecified atom stereocenters. The number of amides is 2. The molecule has 13 heteroatoms. The average molecular weight is 677 g/mol. The minimum atomic E-state index is -0.711. The van der Waals surface area contributed by atoms with Gasteiger partial charge in [-0.2, -0.15) is 5.10 Å². The van der Waals surface area contributed by atoms with Crippen molar-refractivity contribution in [1.29, 1.82) is 0 Å². The molecule has 4 fully saturated rings. The fourth-order valence-corrected chi connectivity index (χ4v) is 6.37. The maximum Gasteiger partial charge on any atom is 0.495 e. The van der Waals surface area contributed by atoms with Gasteiger partial charge in [-0.3, -0.25) is 0 Å².